The van der Waals surface area contributed by atoms with E-state index in [0.717, 1.165) is 0 Å². The van der Waals surface area contributed by atoms with Crippen molar-refractivity contribution in [3.8, 4) is 0 Å². The molecule has 1 radical (unpaired) electrons. The van der Waals surface area contributed by atoms with Gasteiger partial charge in [-0.1, -0.05) is 0 Å². The van der Waals surface area contributed by atoms with Gasteiger partial charge in [0.1, 0.15) is 0 Å². The molecule has 0 aliphatic heterocycles. The van der Waals surface area contributed by atoms with Crippen LogP contribution in [0.5, 0.6) is 0 Å². The van der Waals surface area contributed by atoms with Gasteiger partial charge < -0.3 is 9.47 Å². The van der Waals surface area contributed by atoms with Crippen molar-refractivity contribution in [2.45, 2.75) is 6.92 Å². The Morgan fingerprint density at radius 3 is 2.30 bits per heavy atom. The van der Waals surface area contributed by atoms with Crippen molar-refractivity contribution >= 4 is 11.9 Å². The third-order valence-corrected chi connectivity index (χ3v) is 0.600. The number of rotatable bonds is 3. The van der Waals surface area contributed by atoms with Gasteiger partial charge in [-0.25, -0.2) is 9.90 Å². The molecule has 5 heteroatoms. The highest BCUT2D eigenvalue weighted by atomic mass is 16.7. The number of esters is 2. The molecule has 0 aliphatic rings. The van der Waals surface area contributed by atoms with Gasteiger partial charge in [-0.15, -0.1) is 0 Å². The van der Waals surface area contributed by atoms with E-state index >= 15 is 0 Å². The molecule has 0 N–H and O–H groups in total. The summed E-state index contributed by atoms with van der Waals surface area (Å²) in [4.78, 5) is 20.1. The van der Waals surface area contributed by atoms with Gasteiger partial charge in [0, 0.05) is 6.92 Å². The first-order valence-corrected chi connectivity index (χ1v) is 2.54. The number of hydrogen-bond donors (Lipinski definition) is 0. The van der Waals surface area contributed by atoms with E-state index in [0.29, 0.717) is 0 Å². The number of hydrogen-bond acceptors (Lipinski definition) is 4. The van der Waals surface area contributed by atoms with Crippen LogP contribution in [-0.4, -0.2) is 25.3 Å². The molecule has 0 saturated carbocycles. The predicted octanol–water partition coefficient (Wildman–Crippen LogP) is -0.519. The Hall–Kier alpha value is -1.10. The second-order valence-corrected chi connectivity index (χ2v) is 1.41. The van der Waals surface area contributed by atoms with Gasteiger partial charge in [-0.3, -0.25) is 4.79 Å². The van der Waals surface area contributed by atoms with Gasteiger partial charge >= 0.3 is 11.9 Å². The molecule has 57 valence electrons. The van der Waals surface area contributed by atoms with Crippen molar-refractivity contribution < 1.29 is 24.2 Å². The summed E-state index contributed by atoms with van der Waals surface area (Å²) in [5, 5.41) is 9.69. The molecule has 0 aromatic rings. The van der Waals surface area contributed by atoms with Gasteiger partial charge in [0.05, 0.1) is 0 Å². The molecule has 0 aliphatic carbocycles. The van der Waals surface area contributed by atoms with Gasteiger partial charge in [-0.05, 0) is 0 Å². The standard InChI is InChI=1S/C5H7O5/c1-4(7)9-3-10-5(8)2-6/h2-3H2,1H3. The van der Waals surface area contributed by atoms with E-state index < -0.39 is 25.3 Å². The zero-order valence-corrected chi connectivity index (χ0v) is 5.46. The second kappa shape index (κ2) is 4.75. The molecule has 0 aromatic carbocycles. The van der Waals surface area contributed by atoms with Crippen molar-refractivity contribution in [3.05, 3.63) is 0 Å². The molecule has 10 heavy (non-hydrogen) atoms. The fourth-order valence-electron chi connectivity index (χ4n) is 0.220. The molecule has 0 heterocycles. The van der Waals surface area contributed by atoms with Crippen molar-refractivity contribution in [1.29, 1.82) is 0 Å². The first-order chi connectivity index (χ1) is 4.66. The summed E-state index contributed by atoms with van der Waals surface area (Å²) in [7, 11) is 0. The Kier molecular flexibility index (Phi) is 4.23. The van der Waals surface area contributed by atoms with Crippen LogP contribution >= 0.6 is 0 Å². The van der Waals surface area contributed by atoms with E-state index in [9.17, 15) is 14.7 Å². The summed E-state index contributed by atoms with van der Waals surface area (Å²) in [5.41, 5.74) is 0. The number of ether oxygens (including phenoxy) is 2. The SMILES string of the molecule is CC(=O)OCOC(=O)C[O]. The summed E-state index contributed by atoms with van der Waals surface area (Å²) < 4.78 is 8.30. The lowest BCUT2D eigenvalue weighted by molar-refractivity contribution is -0.168. The Morgan fingerprint density at radius 1 is 1.30 bits per heavy atom. The minimum absolute atomic E-state index is 0.476. The fourth-order valence-corrected chi connectivity index (χ4v) is 0.220. The summed E-state index contributed by atoms with van der Waals surface area (Å²) in [6.07, 6.45) is 0. The molecule has 0 atom stereocenters. The van der Waals surface area contributed by atoms with Crippen LogP contribution in [0.2, 0.25) is 0 Å². The quantitative estimate of drug-likeness (QED) is 0.397. The van der Waals surface area contributed by atoms with E-state index in [1.54, 1.807) is 0 Å². The van der Waals surface area contributed by atoms with Gasteiger partial charge in [0.2, 0.25) is 6.79 Å². The monoisotopic (exact) mass is 147 g/mol. The van der Waals surface area contributed by atoms with Crippen LogP contribution in [0, 0.1) is 0 Å². The lowest BCUT2D eigenvalue weighted by atomic mass is 10.7. The topological polar surface area (TPSA) is 72.5 Å². The molecule has 0 saturated heterocycles. The van der Waals surface area contributed by atoms with E-state index in [-0.39, 0.29) is 0 Å². The average molecular weight is 147 g/mol. The summed E-state index contributed by atoms with van der Waals surface area (Å²) in [6, 6.07) is 0. The van der Waals surface area contributed by atoms with Crippen LogP contribution in [-0.2, 0) is 24.2 Å². The molecule has 0 bridgehead atoms. The minimum Gasteiger partial charge on any atom is -0.428 e. The molecular formula is C5H7O5. The highest BCUT2D eigenvalue weighted by molar-refractivity contribution is 5.70. The Morgan fingerprint density at radius 2 is 1.90 bits per heavy atom. The maximum Gasteiger partial charge on any atom is 0.338 e. The third kappa shape index (κ3) is 5.04. The van der Waals surface area contributed by atoms with E-state index in [2.05, 4.69) is 9.47 Å². The lowest BCUT2D eigenvalue weighted by Gasteiger charge is -2.00. The first kappa shape index (κ1) is 8.90. The smallest absolute Gasteiger partial charge is 0.338 e. The van der Waals surface area contributed by atoms with Crippen molar-refractivity contribution in [3.63, 3.8) is 0 Å². The Balaban J connectivity index is 3.20. The molecular weight excluding hydrogens is 140 g/mol. The largest absolute Gasteiger partial charge is 0.428 e. The maximum absolute atomic E-state index is 10.1. The molecule has 0 spiro atoms. The molecule has 5 nitrogen and oxygen atoms in total. The molecule has 0 unspecified atom stereocenters. The fraction of sp³-hybridized carbons (Fsp3) is 0.600. The Bertz CT molecular complexity index is 130. The van der Waals surface area contributed by atoms with Gasteiger partial charge in [-0.2, -0.15) is 0 Å². The maximum atomic E-state index is 10.1. The van der Waals surface area contributed by atoms with Crippen LogP contribution in [0.25, 0.3) is 0 Å². The van der Waals surface area contributed by atoms with Crippen LogP contribution in [0.1, 0.15) is 6.92 Å². The zero-order chi connectivity index (χ0) is 7.98. The predicted molar refractivity (Wildman–Crippen MR) is 28.3 cm³/mol. The normalized spacial score (nSPS) is 8.60. The van der Waals surface area contributed by atoms with E-state index in [1.807, 2.05) is 0 Å². The minimum atomic E-state index is -0.957. The van der Waals surface area contributed by atoms with Crippen molar-refractivity contribution in [2.24, 2.45) is 0 Å². The van der Waals surface area contributed by atoms with Crippen LogP contribution in [0.4, 0.5) is 0 Å². The molecule has 0 fully saturated rings. The lowest BCUT2D eigenvalue weighted by Crippen LogP contribution is -2.12. The third-order valence-electron chi connectivity index (χ3n) is 0.600. The highest BCUT2D eigenvalue weighted by Crippen LogP contribution is 1.80. The van der Waals surface area contributed by atoms with Gasteiger partial charge in [0.25, 0.3) is 0 Å². The first-order valence-electron chi connectivity index (χ1n) is 2.54. The van der Waals surface area contributed by atoms with Crippen LogP contribution in [0.15, 0.2) is 0 Å². The molecule has 0 rings (SSSR count). The van der Waals surface area contributed by atoms with Crippen molar-refractivity contribution in [1.82, 2.24) is 0 Å². The van der Waals surface area contributed by atoms with Crippen LogP contribution in [0.3, 0.4) is 0 Å². The number of carbonyl (C=O) groups excluding carboxylic acids is 2. The molecule has 0 amide bonds. The van der Waals surface area contributed by atoms with E-state index in [1.165, 1.54) is 6.92 Å². The Labute approximate surface area is 57.5 Å². The number of carbonyl (C=O) groups is 2. The van der Waals surface area contributed by atoms with E-state index in [4.69, 9.17) is 0 Å². The summed E-state index contributed by atoms with van der Waals surface area (Å²) >= 11 is 0. The van der Waals surface area contributed by atoms with Crippen LogP contribution < -0.4 is 0 Å². The summed E-state index contributed by atoms with van der Waals surface area (Å²) in [5.74, 6) is -1.49. The summed E-state index contributed by atoms with van der Waals surface area (Å²) in [6.45, 7) is -0.261. The van der Waals surface area contributed by atoms with Crippen molar-refractivity contribution in [2.75, 3.05) is 13.4 Å². The van der Waals surface area contributed by atoms with Gasteiger partial charge in [0.15, 0.2) is 6.61 Å². The highest BCUT2D eigenvalue weighted by Gasteiger charge is 2.00. The zero-order valence-electron chi connectivity index (χ0n) is 5.46. The average Bonchev–Trinajstić information content (AvgIpc) is 1.87. The molecule has 0 aromatic heterocycles. The second-order valence-electron chi connectivity index (χ2n) is 1.41.